The maximum absolute atomic E-state index is 10.8. The molecule has 1 N–H and O–H groups in total. The second-order valence-corrected chi connectivity index (χ2v) is 4.16. The lowest BCUT2D eigenvalue weighted by Gasteiger charge is -2.14. The fraction of sp³-hybridized carbons (Fsp3) is 0.667. The molecule has 1 aliphatic rings. The van der Waals surface area contributed by atoms with Crippen molar-refractivity contribution in [1.82, 2.24) is 5.32 Å². The predicted molar refractivity (Wildman–Crippen MR) is 66.1 cm³/mol. The lowest BCUT2D eigenvalue weighted by atomic mass is 10.2. The van der Waals surface area contributed by atoms with E-state index < -0.39 is 0 Å². The molecule has 0 aromatic rings. The molecule has 5 heteroatoms. The molecule has 0 bridgehead atoms. The lowest BCUT2D eigenvalue weighted by molar-refractivity contribution is -0.421. The molecule has 1 rings (SSSR count). The van der Waals surface area contributed by atoms with E-state index in [0.717, 1.165) is 12.8 Å². The third-order valence-corrected chi connectivity index (χ3v) is 2.87. The van der Waals surface area contributed by atoms with Crippen LogP contribution in [0.25, 0.3) is 0 Å². The third kappa shape index (κ3) is 3.85. The van der Waals surface area contributed by atoms with Crippen LogP contribution in [0.5, 0.6) is 0 Å². The Balaban J connectivity index is 2.51. The highest BCUT2D eigenvalue weighted by atomic mass is 16.6. The Labute approximate surface area is 102 Å². The van der Waals surface area contributed by atoms with Crippen molar-refractivity contribution in [2.75, 3.05) is 6.54 Å². The van der Waals surface area contributed by atoms with Crippen LogP contribution in [0.1, 0.15) is 33.6 Å². The van der Waals surface area contributed by atoms with Crippen LogP contribution in [0.2, 0.25) is 0 Å². The minimum absolute atomic E-state index is 0.110. The molecule has 2 atom stereocenters. The van der Waals surface area contributed by atoms with E-state index >= 15 is 0 Å². The Hall–Kier alpha value is -1.36. The van der Waals surface area contributed by atoms with Gasteiger partial charge >= 0.3 is 0 Å². The number of hydrogen-bond donors (Lipinski definition) is 1. The van der Waals surface area contributed by atoms with E-state index in [0.29, 0.717) is 18.3 Å². The zero-order valence-corrected chi connectivity index (χ0v) is 10.6. The van der Waals surface area contributed by atoms with Gasteiger partial charge in [0.05, 0.1) is 17.1 Å². The van der Waals surface area contributed by atoms with Crippen LogP contribution < -0.4 is 5.32 Å². The average molecular weight is 240 g/mol. The summed E-state index contributed by atoms with van der Waals surface area (Å²) >= 11 is 0. The molecule has 0 aromatic carbocycles. The number of nitrogens with one attached hydrogen (secondary N) is 1. The standard InChI is InChI=1S/C12H20N2O3/c1-4-11(12(5-2)14(15)16)13-8-10-7-6-9(3)17-10/h4-5,9-10,13H,6-8H2,1-3H3/b11-4+,12-5+. The molecule has 0 radical (unpaired) electrons. The van der Waals surface area contributed by atoms with Crippen LogP contribution in [0.4, 0.5) is 0 Å². The van der Waals surface area contributed by atoms with Crippen molar-refractivity contribution in [3.8, 4) is 0 Å². The maximum atomic E-state index is 10.8. The van der Waals surface area contributed by atoms with E-state index in [1.54, 1.807) is 19.9 Å². The molecule has 2 unspecified atom stereocenters. The normalized spacial score (nSPS) is 26.1. The summed E-state index contributed by atoms with van der Waals surface area (Å²) < 4.78 is 5.65. The summed E-state index contributed by atoms with van der Waals surface area (Å²) in [6.45, 7) is 6.12. The van der Waals surface area contributed by atoms with Crippen molar-refractivity contribution in [1.29, 1.82) is 0 Å². The molecule has 0 amide bonds. The van der Waals surface area contributed by atoms with Gasteiger partial charge < -0.3 is 10.1 Å². The summed E-state index contributed by atoms with van der Waals surface area (Å²) in [4.78, 5) is 10.4. The van der Waals surface area contributed by atoms with Gasteiger partial charge in [0.2, 0.25) is 0 Å². The van der Waals surface area contributed by atoms with Crippen LogP contribution in [-0.4, -0.2) is 23.7 Å². The van der Waals surface area contributed by atoms with Crippen molar-refractivity contribution in [3.63, 3.8) is 0 Å². The predicted octanol–water partition coefficient (Wildman–Crippen LogP) is 2.23. The summed E-state index contributed by atoms with van der Waals surface area (Å²) in [5.41, 5.74) is 0.666. The molecule has 1 saturated heterocycles. The van der Waals surface area contributed by atoms with Gasteiger partial charge in [0.15, 0.2) is 0 Å². The van der Waals surface area contributed by atoms with Gasteiger partial charge in [-0.15, -0.1) is 0 Å². The van der Waals surface area contributed by atoms with E-state index in [-0.39, 0.29) is 16.7 Å². The van der Waals surface area contributed by atoms with Crippen LogP contribution in [-0.2, 0) is 4.74 Å². The Bertz CT molecular complexity index is 337. The minimum Gasteiger partial charge on any atom is -0.377 e. The maximum Gasteiger partial charge on any atom is 0.287 e. The summed E-state index contributed by atoms with van der Waals surface area (Å²) in [5, 5.41) is 13.9. The Kier molecular flexibility index (Phi) is 5.15. The number of rotatable bonds is 5. The summed E-state index contributed by atoms with van der Waals surface area (Å²) in [5.74, 6) is 0. The Morgan fingerprint density at radius 1 is 1.47 bits per heavy atom. The largest absolute Gasteiger partial charge is 0.377 e. The third-order valence-electron chi connectivity index (χ3n) is 2.87. The first-order valence-corrected chi connectivity index (χ1v) is 5.95. The molecule has 0 saturated carbocycles. The number of ether oxygens (including phenoxy) is 1. The highest BCUT2D eigenvalue weighted by Gasteiger charge is 2.23. The second kappa shape index (κ2) is 6.39. The molecule has 17 heavy (non-hydrogen) atoms. The zero-order valence-electron chi connectivity index (χ0n) is 10.6. The van der Waals surface area contributed by atoms with Crippen molar-refractivity contribution in [2.24, 2.45) is 0 Å². The zero-order chi connectivity index (χ0) is 12.8. The van der Waals surface area contributed by atoms with Crippen molar-refractivity contribution in [3.05, 3.63) is 33.7 Å². The molecular weight excluding hydrogens is 220 g/mol. The van der Waals surface area contributed by atoms with Gasteiger partial charge in [-0.3, -0.25) is 10.1 Å². The number of hydrogen-bond acceptors (Lipinski definition) is 4. The van der Waals surface area contributed by atoms with Crippen LogP contribution in [0.3, 0.4) is 0 Å². The molecule has 1 aliphatic heterocycles. The highest BCUT2D eigenvalue weighted by molar-refractivity contribution is 5.22. The van der Waals surface area contributed by atoms with Gasteiger partial charge in [0, 0.05) is 6.54 Å². The first-order valence-electron chi connectivity index (χ1n) is 5.95. The monoisotopic (exact) mass is 240 g/mol. The average Bonchev–Trinajstić information content (AvgIpc) is 2.69. The molecule has 1 heterocycles. The number of nitrogens with zero attached hydrogens (tertiary/aromatic N) is 1. The van der Waals surface area contributed by atoms with Gasteiger partial charge in [-0.1, -0.05) is 6.08 Å². The van der Waals surface area contributed by atoms with Gasteiger partial charge in [0.1, 0.15) is 5.70 Å². The smallest absolute Gasteiger partial charge is 0.287 e. The van der Waals surface area contributed by atoms with Crippen LogP contribution >= 0.6 is 0 Å². The minimum atomic E-state index is -0.375. The fourth-order valence-electron chi connectivity index (χ4n) is 1.96. The second-order valence-electron chi connectivity index (χ2n) is 4.16. The number of allylic oxidation sites excluding steroid dienone is 2. The van der Waals surface area contributed by atoms with Gasteiger partial charge in [0.25, 0.3) is 5.70 Å². The van der Waals surface area contributed by atoms with E-state index in [1.807, 2.05) is 6.92 Å². The topological polar surface area (TPSA) is 64.4 Å². The van der Waals surface area contributed by atoms with E-state index in [2.05, 4.69) is 5.32 Å². The molecule has 1 fully saturated rings. The van der Waals surface area contributed by atoms with E-state index in [1.165, 1.54) is 6.08 Å². The summed E-state index contributed by atoms with van der Waals surface area (Å²) in [6, 6.07) is 0. The molecule has 5 nitrogen and oxygen atoms in total. The van der Waals surface area contributed by atoms with Gasteiger partial charge in [-0.2, -0.15) is 0 Å². The molecule has 0 spiro atoms. The van der Waals surface area contributed by atoms with Crippen molar-refractivity contribution >= 4 is 0 Å². The molecular formula is C12H20N2O3. The summed E-state index contributed by atoms with van der Waals surface area (Å²) in [6.07, 6.45) is 5.74. The first kappa shape index (κ1) is 13.7. The fourth-order valence-corrected chi connectivity index (χ4v) is 1.96. The SMILES string of the molecule is C/C=C(NCC1CCC(C)O1)\C(=C/C)[N+](=O)[O-]. The number of nitro groups is 1. The van der Waals surface area contributed by atoms with Gasteiger partial charge in [-0.25, -0.2) is 0 Å². The molecule has 96 valence electrons. The van der Waals surface area contributed by atoms with E-state index in [4.69, 9.17) is 4.74 Å². The highest BCUT2D eigenvalue weighted by Crippen LogP contribution is 2.19. The molecule has 0 aromatic heterocycles. The van der Waals surface area contributed by atoms with Crippen LogP contribution in [0, 0.1) is 10.1 Å². The quantitative estimate of drug-likeness (QED) is 0.454. The van der Waals surface area contributed by atoms with Gasteiger partial charge in [-0.05, 0) is 39.7 Å². The van der Waals surface area contributed by atoms with Crippen molar-refractivity contribution in [2.45, 2.75) is 45.8 Å². The van der Waals surface area contributed by atoms with E-state index in [9.17, 15) is 10.1 Å². The Morgan fingerprint density at radius 3 is 2.59 bits per heavy atom. The summed E-state index contributed by atoms with van der Waals surface area (Å²) in [7, 11) is 0. The van der Waals surface area contributed by atoms with Crippen LogP contribution in [0.15, 0.2) is 23.5 Å². The Morgan fingerprint density at radius 2 is 2.18 bits per heavy atom. The first-order chi connectivity index (χ1) is 8.08. The van der Waals surface area contributed by atoms with Crippen molar-refractivity contribution < 1.29 is 9.66 Å². The molecule has 0 aliphatic carbocycles. The lowest BCUT2D eigenvalue weighted by Crippen LogP contribution is -2.28.